The molecule has 7 nitrogen and oxygen atoms in total. The van der Waals surface area contributed by atoms with Gasteiger partial charge in [-0.15, -0.1) is 11.3 Å². The van der Waals surface area contributed by atoms with E-state index >= 15 is 0 Å². The fraction of sp³-hybridized carbons (Fsp3) is 0.609. The Kier molecular flexibility index (Phi) is 5.38. The lowest BCUT2D eigenvalue weighted by Gasteiger charge is -2.42. The lowest BCUT2D eigenvalue weighted by molar-refractivity contribution is -0.125. The molecule has 1 amide bonds. The second kappa shape index (κ2) is 8.06. The lowest BCUT2D eigenvalue weighted by Crippen LogP contribution is -2.53. The van der Waals surface area contributed by atoms with Crippen molar-refractivity contribution < 1.29 is 4.79 Å². The average Bonchev–Trinajstić information content (AvgIpc) is 3.28. The quantitative estimate of drug-likeness (QED) is 0.658. The topological polar surface area (TPSA) is 71.6 Å². The molecule has 3 aromatic rings. The van der Waals surface area contributed by atoms with Crippen molar-refractivity contribution in [3.63, 3.8) is 0 Å². The number of likely N-dealkylation sites (tertiary alicyclic amines) is 1. The molecule has 5 rings (SSSR count). The average molecular weight is 442 g/mol. The van der Waals surface area contributed by atoms with Gasteiger partial charge in [0, 0.05) is 29.9 Å². The van der Waals surface area contributed by atoms with Crippen LogP contribution in [0.5, 0.6) is 0 Å². The maximum absolute atomic E-state index is 13.3. The van der Waals surface area contributed by atoms with Crippen molar-refractivity contribution in [3.8, 4) is 0 Å². The molecule has 1 N–H and O–H groups in total. The fourth-order valence-electron chi connectivity index (χ4n) is 4.90. The Morgan fingerprint density at radius 3 is 2.74 bits per heavy atom. The molecule has 1 unspecified atom stereocenters. The number of hydrogen-bond acceptors (Lipinski definition) is 5. The predicted octanol–water partition coefficient (Wildman–Crippen LogP) is 3.53. The van der Waals surface area contributed by atoms with Crippen molar-refractivity contribution >= 4 is 33.0 Å². The van der Waals surface area contributed by atoms with Crippen LogP contribution < -0.4 is 10.9 Å². The molecule has 31 heavy (non-hydrogen) atoms. The highest BCUT2D eigenvalue weighted by atomic mass is 32.1. The third-order valence-corrected chi connectivity index (χ3v) is 7.84. The van der Waals surface area contributed by atoms with E-state index in [4.69, 9.17) is 0 Å². The highest BCUT2D eigenvalue weighted by Gasteiger charge is 2.31. The van der Waals surface area contributed by atoms with Crippen LogP contribution in [0.25, 0.3) is 15.7 Å². The number of piperidine rings is 1. The summed E-state index contributed by atoms with van der Waals surface area (Å²) in [6, 6.07) is 4.13. The van der Waals surface area contributed by atoms with Crippen molar-refractivity contribution in [3.05, 3.63) is 33.7 Å². The number of hydrogen-bond donors (Lipinski definition) is 1. The molecule has 8 heteroatoms. The van der Waals surface area contributed by atoms with Gasteiger partial charge in [0.2, 0.25) is 5.91 Å². The Hall–Kier alpha value is -2.19. The van der Waals surface area contributed by atoms with E-state index in [0.29, 0.717) is 11.6 Å². The molecular weight excluding hydrogens is 410 g/mol. The minimum absolute atomic E-state index is 0.122. The fourth-order valence-corrected chi connectivity index (χ4v) is 5.81. The number of nitrogens with zero attached hydrogens (tertiary/aromatic N) is 4. The number of nitrogens with one attached hydrogen (secondary N) is 1. The van der Waals surface area contributed by atoms with Crippen LogP contribution in [0.2, 0.25) is 0 Å². The van der Waals surface area contributed by atoms with E-state index in [1.54, 1.807) is 18.3 Å². The van der Waals surface area contributed by atoms with E-state index in [0.717, 1.165) is 42.0 Å². The van der Waals surface area contributed by atoms with E-state index in [1.807, 2.05) is 21.9 Å². The summed E-state index contributed by atoms with van der Waals surface area (Å²) in [7, 11) is 0. The van der Waals surface area contributed by atoms with E-state index in [1.165, 1.54) is 23.9 Å². The van der Waals surface area contributed by atoms with Crippen LogP contribution in [0.4, 0.5) is 0 Å². The van der Waals surface area contributed by atoms with Crippen LogP contribution in [-0.2, 0) is 4.79 Å². The first kappa shape index (κ1) is 20.7. The van der Waals surface area contributed by atoms with E-state index in [2.05, 4.69) is 29.2 Å². The number of aromatic nitrogens is 3. The van der Waals surface area contributed by atoms with Gasteiger partial charge in [-0.1, -0.05) is 20.3 Å². The van der Waals surface area contributed by atoms with Crippen molar-refractivity contribution in [2.45, 2.75) is 76.9 Å². The summed E-state index contributed by atoms with van der Waals surface area (Å²) >= 11 is 1.61. The highest BCUT2D eigenvalue weighted by Crippen LogP contribution is 2.28. The van der Waals surface area contributed by atoms with Gasteiger partial charge in [0.25, 0.3) is 5.56 Å². The van der Waals surface area contributed by atoms with E-state index < -0.39 is 6.04 Å². The molecule has 4 heterocycles. The van der Waals surface area contributed by atoms with Crippen LogP contribution >= 0.6 is 11.3 Å². The van der Waals surface area contributed by atoms with Crippen molar-refractivity contribution in [1.82, 2.24) is 24.4 Å². The van der Waals surface area contributed by atoms with Crippen molar-refractivity contribution in [1.29, 1.82) is 0 Å². The number of rotatable bonds is 5. The number of carbonyl (C=O) groups is 1. The monoisotopic (exact) mass is 441 g/mol. The number of amides is 1. The van der Waals surface area contributed by atoms with Gasteiger partial charge < -0.3 is 5.32 Å². The largest absolute Gasteiger partial charge is 0.350 e. The Morgan fingerprint density at radius 2 is 2.03 bits per heavy atom. The molecule has 2 aliphatic rings. The van der Waals surface area contributed by atoms with Crippen LogP contribution in [0.15, 0.2) is 22.3 Å². The maximum atomic E-state index is 13.3. The minimum Gasteiger partial charge on any atom is -0.350 e. The van der Waals surface area contributed by atoms with Gasteiger partial charge >= 0.3 is 0 Å². The SMILES string of the molecule is CC(C)c1nn(C(C)C(=O)N[C@@H]2CCCN(C3CCC3)C2)c(=O)c2cc3ccsc3n12. The molecule has 0 bridgehead atoms. The van der Waals surface area contributed by atoms with Crippen LogP contribution in [0.1, 0.15) is 70.7 Å². The van der Waals surface area contributed by atoms with E-state index in [9.17, 15) is 9.59 Å². The Morgan fingerprint density at radius 1 is 1.23 bits per heavy atom. The zero-order chi connectivity index (χ0) is 21.7. The zero-order valence-electron chi connectivity index (χ0n) is 18.5. The van der Waals surface area contributed by atoms with Gasteiger partial charge in [-0.25, -0.2) is 4.68 Å². The van der Waals surface area contributed by atoms with Crippen LogP contribution in [0.3, 0.4) is 0 Å². The molecule has 1 saturated heterocycles. The molecule has 2 fully saturated rings. The normalized spacial score (nSPS) is 21.6. The van der Waals surface area contributed by atoms with Gasteiger partial charge in [-0.05, 0) is 56.7 Å². The summed E-state index contributed by atoms with van der Waals surface area (Å²) in [6.45, 7) is 7.96. The first-order valence-corrected chi connectivity index (χ1v) is 12.4. The molecular formula is C23H31N5O2S. The number of thiophene rings is 1. The van der Waals surface area contributed by atoms with E-state index in [-0.39, 0.29) is 23.4 Å². The minimum atomic E-state index is -0.651. The van der Waals surface area contributed by atoms with Gasteiger partial charge in [0.05, 0.1) is 0 Å². The molecule has 0 aromatic carbocycles. The maximum Gasteiger partial charge on any atom is 0.291 e. The van der Waals surface area contributed by atoms with Crippen LogP contribution in [0, 0.1) is 0 Å². The second-order valence-corrected chi connectivity index (χ2v) is 10.3. The second-order valence-electron chi connectivity index (χ2n) is 9.41. The summed E-state index contributed by atoms with van der Waals surface area (Å²) in [5.41, 5.74) is 0.379. The lowest BCUT2D eigenvalue weighted by atomic mass is 9.89. The molecule has 3 aromatic heterocycles. The number of fused-ring (bicyclic) bond motifs is 3. The molecule has 1 aliphatic carbocycles. The summed E-state index contributed by atoms with van der Waals surface area (Å²) in [6.07, 6.45) is 5.99. The Bertz CT molecular complexity index is 1170. The molecule has 2 atom stereocenters. The number of carbonyl (C=O) groups excluding carboxylic acids is 1. The molecule has 0 radical (unpaired) electrons. The van der Waals surface area contributed by atoms with Gasteiger partial charge in [-0.3, -0.25) is 18.9 Å². The first-order valence-electron chi connectivity index (χ1n) is 11.5. The Labute approximate surface area is 186 Å². The first-order chi connectivity index (χ1) is 14.9. The molecule has 166 valence electrons. The predicted molar refractivity (Wildman–Crippen MR) is 124 cm³/mol. The zero-order valence-corrected chi connectivity index (χ0v) is 19.3. The summed E-state index contributed by atoms with van der Waals surface area (Å²) in [5, 5.41) is 11.0. The molecule has 1 aliphatic heterocycles. The molecule has 1 saturated carbocycles. The van der Waals surface area contributed by atoms with Gasteiger partial charge in [-0.2, -0.15) is 5.10 Å². The standard InChI is InChI=1S/C23H31N5O2S/c1-14(2)20-25-28(22(30)19-12-16-9-11-31-23(16)27(19)20)15(3)21(29)24-17-6-5-10-26(13-17)18-7-4-8-18/h9,11-12,14-15,17-18H,4-8,10,13H2,1-3H3,(H,24,29)/t15?,17-/m1/s1. The summed E-state index contributed by atoms with van der Waals surface area (Å²) in [5.74, 6) is 0.805. The Balaban J connectivity index is 1.42. The van der Waals surface area contributed by atoms with Gasteiger partial charge in [0.15, 0.2) is 0 Å². The highest BCUT2D eigenvalue weighted by molar-refractivity contribution is 7.16. The third kappa shape index (κ3) is 3.59. The summed E-state index contributed by atoms with van der Waals surface area (Å²) < 4.78 is 3.35. The van der Waals surface area contributed by atoms with Crippen LogP contribution in [-0.4, -0.2) is 50.2 Å². The van der Waals surface area contributed by atoms with Crippen molar-refractivity contribution in [2.75, 3.05) is 13.1 Å². The molecule has 0 spiro atoms. The third-order valence-electron chi connectivity index (χ3n) is 6.93. The smallest absolute Gasteiger partial charge is 0.291 e. The van der Waals surface area contributed by atoms with Crippen molar-refractivity contribution in [2.24, 2.45) is 0 Å². The summed E-state index contributed by atoms with van der Waals surface area (Å²) in [4.78, 5) is 30.0. The van der Waals surface area contributed by atoms with Gasteiger partial charge in [0.1, 0.15) is 22.2 Å².